The Morgan fingerprint density at radius 1 is 1.10 bits per heavy atom. The summed E-state index contributed by atoms with van der Waals surface area (Å²) >= 11 is 6.22. The van der Waals surface area contributed by atoms with Gasteiger partial charge in [-0.2, -0.15) is 0 Å². The average molecular weight is 446 g/mol. The van der Waals surface area contributed by atoms with Crippen LogP contribution in [0, 0.1) is 11.6 Å². The number of hydrogen-bond acceptors (Lipinski definition) is 3. The summed E-state index contributed by atoms with van der Waals surface area (Å²) in [5.74, 6) is -1.70. The van der Waals surface area contributed by atoms with Crippen LogP contribution in [0.25, 0.3) is 11.1 Å². The van der Waals surface area contributed by atoms with E-state index in [0.717, 1.165) is 0 Å². The molecule has 4 nitrogen and oxygen atoms in total. The van der Waals surface area contributed by atoms with E-state index in [2.05, 4.69) is 0 Å². The molecule has 1 heterocycles. The Hall–Kier alpha value is -3.19. The number of carbonyl (C=O) groups excluding carboxylic acids is 1. The monoisotopic (exact) mass is 445 g/mol. The van der Waals surface area contributed by atoms with Crippen molar-refractivity contribution in [1.82, 2.24) is 0 Å². The highest BCUT2D eigenvalue weighted by Gasteiger charge is 2.30. The molecule has 0 radical (unpaired) electrons. The number of primary amides is 1. The number of carbonyl (C=O) groups is 1. The molecule has 0 bridgehead atoms. The van der Waals surface area contributed by atoms with Crippen molar-refractivity contribution in [3.05, 3.63) is 76.8 Å². The highest BCUT2D eigenvalue weighted by atomic mass is 35.5. The Kier molecular flexibility index (Phi) is 5.54. The molecule has 0 spiro atoms. The second-order valence-electron chi connectivity index (χ2n) is 7.39. The van der Waals surface area contributed by atoms with Gasteiger partial charge in [-0.1, -0.05) is 23.7 Å². The van der Waals surface area contributed by atoms with Gasteiger partial charge in [0.2, 0.25) is 5.91 Å². The van der Waals surface area contributed by atoms with Crippen molar-refractivity contribution in [2.45, 2.75) is 6.17 Å². The summed E-state index contributed by atoms with van der Waals surface area (Å²) in [7, 11) is 1.66. The zero-order valence-corrected chi connectivity index (χ0v) is 17.3. The SMILES string of the molecule is CN(c1ccc(-c2cc(C(N)=O)ccc2F)cc1N1CC(F)C1)c1c(F)cccc1Cl. The Labute approximate surface area is 182 Å². The lowest BCUT2D eigenvalue weighted by molar-refractivity contribution is 0.100. The van der Waals surface area contributed by atoms with Crippen LogP contribution in [-0.4, -0.2) is 32.2 Å². The molecule has 1 fully saturated rings. The van der Waals surface area contributed by atoms with E-state index in [1.165, 1.54) is 30.3 Å². The summed E-state index contributed by atoms with van der Waals surface area (Å²) in [5.41, 5.74) is 7.52. The van der Waals surface area contributed by atoms with Crippen molar-refractivity contribution < 1.29 is 18.0 Å². The lowest BCUT2D eigenvalue weighted by atomic mass is 9.99. The standard InChI is InChI=1S/C23H19ClF3N3O/c1-29(22-17(24)3-2-4-19(22)27)20-8-6-13(10-21(20)30-11-15(25)12-30)16-9-14(23(28)31)5-7-18(16)26/h2-10,15H,11-12H2,1H3,(H2,28,31). The second kappa shape index (κ2) is 8.15. The number of nitrogens with two attached hydrogens (primary N) is 1. The van der Waals surface area contributed by atoms with Gasteiger partial charge in [-0.3, -0.25) is 4.79 Å². The van der Waals surface area contributed by atoms with Crippen molar-refractivity contribution in [3.8, 4) is 11.1 Å². The van der Waals surface area contributed by atoms with Gasteiger partial charge in [0.25, 0.3) is 0 Å². The van der Waals surface area contributed by atoms with E-state index in [1.54, 1.807) is 41.1 Å². The average Bonchev–Trinajstić information content (AvgIpc) is 2.71. The van der Waals surface area contributed by atoms with E-state index in [9.17, 15) is 18.0 Å². The molecule has 0 aromatic heterocycles. The fourth-order valence-corrected chi connectivity index (χ4v) is 3.97. The Morgan fingerprint density at radius 2 is 1.84 bits per heavy atom. The van der Waals surface area contributed by atoms with Gasteiger partial charge in [-0.15, -0.1) is 0 Å². The molecule has 160 valence electrons. The summed E-state index contributed by atoms with van der Waals surface area (Å²) in [6.07, 6.45) is -0.978. The van der Waals surface area contributed by atoms with Crippen LogP contribution in [0.2, 0.25) is 5.02 Å². The molecule has 1 amide bonds. The molecule has 8 heteroatoms. The molecule has 3 aromatic rings. The molecule has 1 aliphatic rings. The molecule has 0 unspecified atom stereocenters. The minimum Gasteiger partial charge on any atom is -0.366 e. The van der Waals surface area contributed by atoms with Gasteiger partial charge in [0.05, 0.1) is 35.2 Å². The number of rotatable bonds is 5. The van der Waals surface area contributed by atoms with Crippen molar-refractivity contribution in [1.29, 1.82) is 0 Å². The third-order valence-electron chi connectivity index (χ3n) is 5.35. The number of alkyl halides is 1. The third-order valence-corrected chi connectivity index (χ3v) is 5.65. The van der Waals surface area contributed by atoms with Crippen molar-refractivity contribution >= 4 is 34.6 Å². The largest absolute Gasteiger partial charge is 0.366 e. The molecule has 3 aromatic carbocycles. The van der Waals surface area contributed by atoms with Crippen LogP contribution in [0.4, 0.5) is 30.2 Å². The van der Waals surface area contributed by atoms with Crippen LogP contribution in [0.15, 0.2) is 54.6 Å². The van der Waals surface area contributed by atoms with Crippen LogP contribution in [0.5, 0.6) is 0 Å². The van der Waals surface area contributed by atoms with Crippen molar-refractivity contribution in [3.63, 3.8) is 0 Å². The second-order valence-corrected chi connectivity index (χ2v) is 7.80. The highest BCUT2D eigenvalue weighted by Crippen LogP contribution is 2.42. The van der Waals surface area contributed by atoms with Gasteiger partial charge in [0.1, 0.15) is 17.8 Å². The van der Waals surface area contributed by atoms with Gasteiger partial charge in [-0.25, -0.2) is 13.2 Å². The zero-order chi connectivity index (χ0) is 22.3. The molecular formula is C23H19ClF3N3O. The van der Waals surface area contributed by atoms with Crippen LogP contribution >= 0.6 is 11.6 Å². The van der Waals surface area contributed by atoms with E-state index >= 15 is 0 Å². The first kappa shape index (κ1) is 21.1. The first-order valence-electron chi connectivity index (χ1n) is 9.57. The van der Waals surface area contributed by atoms with Crippen molar-refractivity contribution in [2.24, 2.45) is 5.73 Å². The Bertz CT molecular complexity index is 1140. The van der Waals surface area contributed by atoms with Crippen LogP contribution in [0.3, 0.4) is 0 Å². The number of nitrogens with zero attached hydrogens (tertiary/aromatic N) is 2. The Morgan fingerprint density at radius 3 is 2.48 bits per heavy atom. The molecule has 0 aliphatic carbocycles. The van der Waals surface area contributed by atoms with E-state index in [4.69, 9.17) is 17.3 Å². The maximum absolute atomic E-state index is 14.5. The van der Waals surface area contributed by atoms with Gasteiger partial charge in [-0.05, 0) is 48.0 Å². The first-order valence-corrected chi connectivity index (χ1v) is 9.94. The summed E-state index contributed by atoms with van der Waals surface area (Å²) in [5, 5.41) is 0.227. The van der Waals surface area contributed by atoms with Crippen LogP contribution in [0.1, 0.15) is 10.4 Å². The summed E-state index contributed by atoms with van der Waals surface area (Å²) in [6.45, 7) is 0.332. The summed E-state index contributed by atoms with van der Waals surface area (Å²) in [4.78, 5) is 14.9. The molecule has 31 heavy (non-hydrogen) atoms. The molecule has 1 saturated heterocycles. The van der Waals surface area contributed by atoms with Crippen molar-refractivity contribution in [2.75, 3.05) is 29.9 Å². The van der Waals surface area contributed by atoms with Crippen LogP contribution in [-0.2, 0) is 0 Å². The Balaban J connectivity index is 1.83. The molecule has 1 aliphatic heterocycles. The zero-order valence-electron chi connectivity index (χ0n) is 16.6. The number of halogens is 4. The fourth-order valence-electron chi connectivity index (χ4n) is 3.68. The van der Waals surface area contributed by atoms with Crippen LogP contribution < -0.4 is 15.5 Å². The van der Waals surface area contributed by atoms with Gasteiger partial charge in [0.15, 0.2) is 0 Å². The number of benzene rings is 3. The quantitative estimate of drug-likeness (QED) is 0.579. The minimum absolute atomic E-state index is 0.166. The minimum atomic E-state index is -0.978. The van der Waals surface area contributed by atoms with E-state index < -0.39 is 23.7 Å². The number of hydrogen-bond donors (Lipinski definition) is 1. The molecule has 2 N–H and O–H groups in total. The van der Waals surface area contributed by atoms with Gasteiger partial charge in [0, 0.05) is 18.2 Å². The maximum atomic E-state index is 14.5. The molecule has 4 rings (SSSR count). The number of amides is 1. The van der Waals surface area contributed by atoms with E-state index in [1.807, 2.05) is 0 Å². The number of anilines is 3. The number of para-hydroxylation sites is 1. The predicted molar refractivity (Wildman–Crippen MR) is 117 cm³/mol. The summed E-state index contributed by atoms with van der Waals surface area (Å²) in [6, 6.07) is 13.3. The van der Waals surface area contributed by atoms with Gasteiger partial charge < -0.3 is 15.5 Å². The normalized spacial score (nSPS) is 13.8. The first-order chi connectivity index (χ1) is 14.8. The van der Waals surface area contributed by atoms with E-state index in [0.29, 0.717) is 16.9 Å². The lowest BCUT2D eigenvalue weighted by Crippen LogP contribution is -2.48. The fraction of sp³-hybridized carbons (Fsp3) is 0.174. The predicted octanol–water partition coefficient (Wildman–Crippen LogP) is 5.31. The topological polar surface area (TPSA) is 49.6 Å². The molecular weight excluding hydrogens is 427 g/mol. The molecule has 0 atom stereocenters. The molecule has 0 saturated carbocycles. The van der Waals surface area contributed by atoms with Gasteiger partial charge >= 0.3 is 0 Å². The highest BCUT2D eigenvalue weighted by molar-refractivity contribution is 6.33. The van der Waals surface area contributed by atoms with E-state index in [-0.39, 0.29) is 34.9 Å². The third kappa shape index (κ3) is 3.93. The summed E-state index contributed by atoms with van der Waals surface area (Å²) < 4.78 is 42.7. The lowest BCUT2D eigenvalue weighted by Gasteiger charge is -2.39. The smallest absolute Gasteiger partial charge is 0.248 e. The maximum Gasteiger partial charge on any atom is 0.248 e.